The summed E-state index contributed by atoms with van der Waals surface area (Å²) in [5.74, 6) is -0.176. The van der Waals surface area contributed by atoms with Gasteiger partial charge in [0.15, 0.2) is 0 Å². The van der Waals surface area contributed by atoms with Gasteiger partial charge in [-0.25, -0.2) is 5.06 Å². The van der Waals surface area contributed by atoms with Crippen LogP contribution < -0.4 is 0 Å². The van der Waals surface area contributed by atoms with E-state index in [1.165, 1.54) is 29.4 Å². The second-order valence-electron chi connectivity index (χ2n) is 4.14. The maximum atomic E-state index is 11.5. The molecule has 0 aliphatic rings. The lowest BCUT2D eigenvalue weighted by Crippen LogP contribution is -2.22. The first-order chi connectivity index (χ1) is 7.95. The van der Waals surface area contributed by atoms with Crippen LogP contribution in [0.2, 0.25) is 0 Å². The number of aryl methyl sites for hydroxylation is 3. The molecule has 92 valence electrons. The highest BCUT2D eigenvalue weighted by Gasteiger charge is 2.03. The molecule has 0 spiro atoms. The smallest absolute Gasteiger partial charge is 0.269 e. The molecule has 0 N–H and O–H groups in total. The molecule has 0 atom stereocenters. The molecule has 1 amide bonds. The third kappa shape index (κ3) is 3.43. The summed E-state index contributed by atoms with van der Waals surface area (Å²) < 4.78 is 0. The molecule has 0 bridgehead atoms. The lowest BCUT2D eigenvalue weighted by Gasteiger charge is -2.10. The monoisotopic (exact) mass is 233 g/mol. The van der Waals surface area contributed by atoms with E-state index in [4.69, 9.17) is 4.84 Å². The van der Waals surface area contributed by atoms with Crippen molar-refractivity contribution in [2.45, 2.75) is 20.8 Å². The van der Waals surface area contributed by atoms with Crippen LogP contribution in [0.1, 0.15) is 22.3 Å². The summed E-state index contributed by atoms with van der Waals surface area (Å²) in [5.41, 5.74) is 4.71. The highest BCUT2D eigenvalue weighted by atomic mass is 16.7. The molecule has 3 heteroatoms. The zero-order chi connectivity index (χ0) is 13.0. The maximum absolute atomic E-state index is 11.5. The Kier molecular flexibility index (Phi) is 4.46. The first kappa shape index (κ1) is 13.5. The van der Waals surface area contributed by atoms with Crippen molar-refractivity contribution in [3.63, 3.8) is 0 Å². The molecule has 0 fully saturated rings. The van der Waals surface area contributed by atoms with Crippen LogP contribution in [-0.4, -0.2) is 25.1 Å². The van der Waals surface area contributed by atoms with Crippen molar-refractivity contribution in [3.05, 3.63) is 40.5 Å². The molecule has 1 aromatic rings. The van der Waals surface area contributed by atoms with Crippen molar-refractivity contribution in [1.29, 1.82) is 0 Å². The molecular weight excluding hydrogens is 214 g/mol. The summed E-state index contributed by atoms with van der Waals surface area (Å²) in [6, 6.07) is 4.21. The Morgan fingerprint density at radius 1 is 1.18 bits per heavy atom. The van der Waals surface area contributed by atoms with Crippen LogP contribution in [0.3, 0.4) is 0 Å². The molecule has 0 aliphatic heterocycles. The summed E-state index contributed by atoms with van der Waals surface area (Å²) in [6.07, 6.45) is 3.33. The fourth-order valence-electron chi connectivity index (χ4n) is 1.52. The van der Waals surface area contributed by atoms with E-state index in [1.807, 2.05) is 13.0 Å². The zero-order valence-corrected chi connectivity index (χ0v) is 11.1. The number of nitrogens with zero attached hydrogens (tertiary/aromatic N) is 1. The van der Waals surface area contributed by atoms with Crippen molar-refractivity contribution >= 4 is 12.0 Å². The van der Waals surface area contributed by atoms with Crippen LogP contribution in [0.25, 0.3) is 6.08 Å². The van der Waals surface area contributed by atoms with E-state index in [1.54, 1.807) is 7.05 Å². The molecule has 17 heavy (non-hydrogen) atoms. The molecule has 3 nitrogen and oxygen atoms in total. The Morgan fingerprint density at radius 2 is 1.76 bits per heavy atom. The van der Waals surface area contributed by atoms with Gasteiger partial charge in [-0.15, -0.1) is 0 Å². The van der Waals surface area contributed by atoms with Crippen LogP contribution in [0.5, 0.6) is 0 Å². The Morgan fingerprint density at radius 3 is 2.35 bits per heavy atom. The number of carbonyl (C=O) groups is 1. The van der Waals surface area contributed by atoms with Gasteiger partial charge in [0.05, 0.1) is 7.11 Å². The lowest BCUT2D eigenvalue weighted by molar-refractivity contribution is -0.162. The molecule has 0 radical (unpaired) electrons. The molecule has 1 aromatic carbocycles. The van der Waals surface area contributed by atoms with Gasteiger partial charge in [0.25, 0.3) is 5.91 Å². The fraction of sp³-hybridized carbons (Fsp3) is 0.357. The van der Waals surface area contributed by atoms with Crippen molar-refractivity contribution < 1.29 is 9.63 Å². The predicted molar refractivity (Wildman–Crippen MR) is 69.5 cm³/mol. The van der Waals surface area contributed by atoms with Crippen LogP contribution in [-0.2, 0) is 9.63 Å². The van der Waals surface area contributed by atoms with Gasteiger partial charge in [-0.2, -0.15) is 0 Å². The number of carbonyl (C=O) groups excluding carboxylic acids is 1. The van der Waals surface area contributed by atoms with E-state index in [-0.39, 0.29) is 5.91 Å². The molecule has 0 heterocycles. The number of hydrogen-bond acceptors (Lipinski definition) is 2. The Labute approximate surface area is 103 Å². The third-order valence-electron chi connectivity index (χ3n) is 2.87. The molecule has 0 aromatic heterocycles. The second-order valence-corrected chi connectivity index (χ2v) is 4.14. The summed E-state index contributed by atoms with van der Waals surface area (Å²) in [5, 5.41) is 1.19. The first-order valence-electron chi connectivity index (χ1n) is 5.53. The van der Waals surface area contributed by atoms with E-state index in [2.05, 4.69) is 26.0 Å². The third-order valence-corrected chi connectivity index (χ3v) is 2.87. The standard InChI is InChI=1S/C14H19NO2/c1-10-8-12(3)13(9-11(10)2)6-7-14(16)15(4)17-5/h6-9H,1-5H3/b7-6+. The SMILES string of the molecule is CON(C)C(=O)/C=C/c1cc(C)c(C)cc1C. The molecule has 0 aliphatic carbocycles. The maximum Gasteiger partial charge on any atom is 0.269 e. The quantitative estimate of drug-likeness (QED) is 0.593. The highest BCUT2D eigenvalue weighted by molar-refractivity contribution is 5.91. The van der Waals surface area contributed by atoms with E-state index >= 15 is 0 Å². The number of amides is 1. The van der Waals surface area contributed by atoms with Gasteiger partial charge >= 0.3 is 0 Å². The number of hydrogen-bond donors (Lipinski definition) is 0. The Bertz CT molecular complexity index is 450. The van der Waals surface area contributed by atoms with E-state index < -0.39 is 0 Å². The largest absolute Gasteiger partial charge is 0.274 e. The van der Waals surface area contributed by atoms with Crippen molar-refractivity contribution in [2.75, 3.05) is 14.2 Å². The zero-order valence-electron chi connectivity index (χ0n) is 11.1. The average Bonchev–Trinajstić information content (AvgIpc) is 2.30. The average molecular weight is 233 g/mol. The van der Waals surface area contributed by atoms with Crippen molar-refractivity contribution in [2.24, 2.45) is 0 Å². The van der Waals surface area contributed by atoms with E-state index in [0.717, 1.165) is 11.1 Å². The number of likely N-dealkylation sites (N-methyl/N-ethyl adjacent to an activating group) is 1. The summed E-state index contributed by atoms with van der Waals surface area (Å²) in [6.45, 7) is 6.19. The normalized spacial score (nSPS) is 10.9. The number of benzene rings is 1. The molecular formula is C14H19NO2. The summed E-state index contributed by atoms with van der Waals surface area (Å²) in [7, 11) is 3.05. The molecule has 1 rings (SSSR count). The van der Waals surface area contributed by atoms with Crippen LogP contribution in [0, 0.1) is 20.8 Å². The second kappa shape index (κ2) is 5.64. The summed E-state index contributed by atoms with van der Waals surface area (Å²) in [4.78, 5) is 16.3. The van der Waals surface area contributed by atoms with Gasteiger partial charge in [0, 0.05) is 13.1 Å². The topological polar surface area (TPSA) is 29.5 Å². The lowest BCUT2D eigenvalue weighted by atomic mass is 10.0. The summed E-state index contributed by atoms with van der Waals surface area (Å²) >= 11 is 0. The first-order valence-corrected chi connectivity index (χ1v) is 5.53. The van der Waals surface area contributed by atoms with Crippen molar-refractivity contribution in [3.8, 4) is 0 Å². The van der Waals surface area contributed by atoms with Crippen LogP contribution in [0.4, 0.5) is 0 Å². The van der Waals surface area contributed by atoms with Gasteiger partial charge in [0.1, 0.15) is 0 Å². The molecule has 0 saturated carbocycles. The minimum Gasteiger partial charge on any atom is -0.274 e. The van der Waals surface area contributed by atoms with Crippen molar-refractivity contribution in [1.82, 2.24) is 5.06 Å². The fourth-order valence-corrected chi connectivity index (χ4v) is 1.52. The Hall–Kier alpha value is -1.61. The highest BCUT2D eigenvalue weighted by Crippen LogP contribution is 2.16. The van der Waals surface area contributed by atoms with E-state index in [9.17, 15) is 4.79 Å². The van der Waals surface area contributed by atoms with Gasteiger partial charge in [-0.3, -0.25) is 9.63 Å². The minimum atomic E-state index is -0.176. The van der Waals surface area contributed by atoms with Crippen LogP contribution in [0.15, 0.2) is 18.2 Å². The molecule has 0 saturated heterocycles. The van der Waals surface area contributed by atoms with E-state index in [0.29, 0.717) is 0 Å². The van der Waals surface area contributed by atoms with Crippen LogP contribution >= 0.6 is 0 Å². The number of hydroxylamine groups is 2. The number of rotatable bonds is 3. The van der Waals surface area contributed by atoms with Gasteiger partial charge in [0.2, 0.25) is 0 Å². The minimum absolute atomic E-state index is 0.176. The van der Waals surface area contributed by atoms with Gasteiger partial charge in [-0.05, 0) is 49.1 Å². The van der Waals surface area contributed by atoms with Gasteiger partial charge < -0.3 is 0 Å². The van der Waals surface area contributed by atoms with Gasteiger partial charge in [-0.1, -0.05) is 12.1 Å². The predicted octanol–water partition coefficient (Wildman–Crippen LogP) is 2.64. The molecule has 0 unspecified atom stereocenters. The Balaban J connectivity index is 2.92.